The Balaban J connectivity index is 1.44. The summed E-state index contributed by atoms with van der Waals surface area (Å²) in [5, 5.41) is 6.09. The molecule has 4 rings (SSSR count). The predicted octanol–water partition coefficient (Wildman–Crippen LogP) is 5.23. The van der Waals surface area contributed by atoms with E-state index in [1.807, 2.05) is 43.3 Å². The summed E-state index contributed by atoms with van der Waals surface area (Å²) >= 11 is 0. The Morgan fingerprint density at radius 1 is 0.857 bits per heavy atom. The number of amides is 1. The zero-order valence-corrected chi connectivity index (χ0v) is 19.4. The van der Waals surface area contributed by atoms with Crippen molar-refractivity contribution in [1.82, 2.24) is 5.43 Å². The summed E-state index contributed by atoms with van der Waals surface area (Å²) in [7, 11) is 1.56. The van der Waals surface area contributed by atoms with Crippen LogP contribution in [0.25, 0.3) is 10.8 Å². The fourth-order valence-corrected chi connectivity index (χ4v) is 3.40. The summed E-state index contributed by atoms with van der Waals surface area (Å²) in [6.45, 7) is 2.21. The van der Waals surface area contributed by atoms with Crippen LogP contribution in [-0.4, -0.2) is 31.8 Å². The molecule has 0 aromatic heterocycles. The van der Waals surface area contributed by atoms with Crippen molar-refractivity contribution < 1.29 is 23.8 Å². The molecule has 35 heavy (non-hydrogen) atoms. The van der Waals surface area contributed by atoms with Gasteiger partial charge in [0.25, 0.3) is 5.91 Å². The van der Waals surface area contributed by atoms with Gasteiger partial charge >= 0.3 is 5.97 Å². The van der Waals surface area contributed by atoms with Crippen LogP contribution in [0.5, 0.6) is 17.2 Å². The Morgan fingerprint density at radius 3 is 2.34 bits per heavy atom. The third-order valence-electron chi connectivity index (χ3n) is 5.19. The van der Waals surface area contributed by atoms with Gasteiger partial charge in [-0.3, -0.25) is 4.79 Å². The maximum absolute atomic E-state index is 12.5. The van der Waals surface area contributed by atoms with E-state index >= 15 is 0 Å². The molecule has 0 radical (unpaired) electrons. The van der Waals surface area contributed by atoms with Crippen LogP contribution in [-0.2, 0) is 0 Å². The highest BCUT2D eigenvalue weighted by Gasteiger charge is 2.13. The smallest absolute Gasteiger partial charge is 0.343 e. The number of rotatable bonds is 8. The number of carbonyl (C=O) groups is 2. The van der Waals surface area contributed by atoms with E-state index in [4.69, 9.17) is 14.2 Å². The highest BCUT2D eigenvalue weighted by Crippen LogP contribution is 2.29. The average molecular weight is 469 g/mol. The van der Waals surface area contributed by atoms with Crippen LogP contribution < -0.4 is 19.6 Å². The van der Waals surface area contributed by atoms with E-state index in [0.717, 1.165) is 10.8 Å². The minimum atomic E-state index is -0.516. The number of benzene rings is 4. The highest BCUT2D eigenvalue weighted by molar-refractivity contribution is 5.99. The summed E-state index contributed by atoms with van der Waals surface area (Å²) in [5.41, 5.74) is 4.09. The largest absolute Gasteiger partial charge is 0.497 e. The number of ether oxygens (including phenoxy) is 3. The van der Waals surface area contributed by atoms with Crippen LogP contribution in [0.4, 0.5) is 0 Å². The number of methoxy groups -OCH3 is 1. The fraction of sp³-hybridized carbons (Fsp3) is 0.107. The van der Waals surface area contributed by atoms with Gasteiger partial charge in [-0.25, -0.2) is 10.2 Å². The zero-order chi connectivity index (χ0) is 24.6. The molecule has 0 aliphatic heterocycles. The maximum atomic E-state index is 12.5. The van der Waals surface area contributed by atoms with Crippen molar-refractivity contribution in [2.75, 3.05) is 13.7 Å². The van der Waals surface area contributed by atoms with Gasteiger partial charge in [0, 0.05) is 5.56 Å². The van der Waals surface area contributed by atoms with Gasteiger partial charge in [0.05, 0.1) is 25.5 Å². The summed E-state index contributed by atoms with van der Waals surface area (Å²) in [5.74, 6) is 0.483. The molecule has 0 aliphatic rings. The zero-order valence-electron chi connectivity index (χ0n) is 19.4. The van der Waals surface area contributed by atoms with Crippen LogP contribution in [0.15, 0.2) is 90.0 Å². The third-order valence-corrected chi connectivity index (χ3v) is 5.19. The number of hydrogen-bond acceptors (Lipinski definition) is 6. The quantitative estimate of drug-likeness (QED) is 0.166. The molecule has 0 fully saturated rings. The van der Waals surface area contributed by atoms with E-state index in [0.29, 0.717) is 34.8 Å². The number of hydrazone groups is 1. The van der Waals surface area contributed by atoms with Gasteiger partial charge < -0.3 is 14.2 Å². The number of hydrogen-bond donors (Lipinski definition) is 1. The van der Waals surface area contributed by atoms with Crippen molar-refractivity contribution in [2.24, 2.45) is 5.10 Å². The standard InChI is InChI=1S/C28H24N2O5/c1-3-34-26-16-19(8-15-25(26)35-28(32)21-11-13-24(33-2)14-12-21)18-29-30-27(31)23-10-9-20-6-4-5-7-22(20)17-23/h4-18H,3H2,1-2H3,(H,30,31)/b29-18-. The molecule has 7 nitrogen and oxygen atoms in total. The first kappa shape index (κ1) is 23.5. The Morgan fingerprint density at radius 2 is 1.60 bits per heavy atom. The first-order valence-electron chi connectivity index (χ1n) is 11.0. The number of nitrogens with one attached hydrogen (secondary N) is 1. The molecule has 0 unspecified atom stereocenters. The van der Waals surface area contributed by atoms with Gasteiger partial charge in [-0.05, 0) is 77.9 Å². The molecule has 0 saturated carbocycles. The Bertz CT molecular complexity index is 1380. The van der Waals surface area contributed by atoms with Gasteiger partial charge in [-0.1, -0.05) is 30.3 Å². The van der Waals surface area contributed by atoms with Crippen molar-refractivity contribution in [3.05, 3.63) is 102 Å². The molecule has 7 heteroatoms. The number of fused-ring (bicyclic) bond motifs is 1. The Kier molecular flexibility index (Phi) is 7.37. The minimum Gasteiger partial charge on any atom is -0.497 e. The average Bonchev–Trinajstić information content (AvgIpc) is 2.90. The maximum Gasteiger partial charge on any atom is 0.343 e. The highest BCUT2D eigenvalue weighted by atomic mass is 16.6. The Hall–Kier alpha value is -4.65. The molecular formula is C28H24N2O5. The van der Waals surface area contributed by atoms with E-state index in [1.165, 1.54) is 6.21 Å². The molecule has 4 aromatic carbocycles. The van der Waals surface area contributed by atoms with E-state index in [1.54, 1.807) is 55.6 Å². The van der Waals surface area contributed by atoms with E-state index in [2.05, 4.69) is 10.5 Å². The lowest BCUT2D eigenvalue weighted by Crippen LogP contribution is -2.17. The normalized spacial score (nSPS) is 10.8. The summed E-state index contributed by atoms with van der Waals surface area (Å²) < 4.78 is 16.3. The van der Waals surface area contributed by atoms with Crippen LogP contribution in [0.3, 0.4) is 0 Å². The molecular weight excluding hydrogens is 444 g/mol. The van der Waals surface area contributed by atoms with Crippen LogP contribution in [0, 0.1) is 0 Å². The van der Waals surface area contributed by atoms with Crippen molar-refractivity contribution in [3.63, 3.8) is 0 Å². The summed E-state index contributed by atoms with van der Waals surface area (Å²) in [4.78, 5) is 25.0. The summed E-state index contributed by atoms with van der Waals surface area (Å²) in [6, 6.07) is 24.9. The second-order valence-corrected chi connectivity index (χ2v) is 7.52. The van der Waals surface area contributed by atoms with Crippen LogP contribution >= 0.6 is 0 Å². The first-order chi connectivity index (χ1) is 17.1. The second kappa shape index (κ2) is 11.0. The second-order valence-electron chi connectivity index (χ2n) is 7.52. The van der Waals surface area contributed by atoms with Crippen LogP contribution in [0.2, 0.25) is 0 Å². The van der Waals surface area contributed by atoms with Crippen molar-refractivity contribution in [1.29, 1.82) is 0 Å². The first-order valence-corrected chi connectivity index (χ1v) is 11.0. The lowest BCUT2D eigenvalue weighted by Gasteiger charge is -2.11. The Labute approximate surface area is 202 Å². The molecule has 0 atom stereocenters. The number of nitrogens with zero attached hydrogens (tertiary/aromatic N) is 1. The van der Waals surface area contributed by atoms with E-state index < -0.39 is 5.97 Å². The number of esters is 1. The van der Waals surface area contributed by atoms with E-state index in [9.17, 15) is 9.59 Å². The van der Waals surface area contributed by atoms with Gasteiger partial charge in [0.1, 0.15) is 5.75 Å². The molecule has 0 heterocycles. The monoisotopic (exact) mass is 468 g/mol. The molecule has 1 N–H and O–H groups in total. The van der Waals surface area contributed by atoms with Gasteiger partial charge in [-0.2, -0.15) is 5.10 Å². The predicted molar refractivity (Wildman–Crippen MR) is 135 cm³/mol. The van der Waals surface area contributed by atoms with Gasteiger partial charge in [0.15, 0.2) is 11.5 Å². The van der Waals surface area contributed by atoms with Crippen LogP contribution in [0.1, 0.15) is 33.2 Å². The third kappa shape index (κ3) is 5.83. The van der Waals surface area contributed by atoms with E-state index in [-0.39, 0.29) is 11.7 Å². The SMILES string of the molecule is CCOc1cc(/C=N\NC(=O)c2ccc3ccccc3c2)ccc1OC(=O)c1ccc(OC)cc1. The molecule has 176 valence electrons. The number of carbonyl (C=O) groups excluding carboxylic acids is 2. The lowest BCUT2D eigenvalue weighted by atomic mass is 10.1. The molecule has 1 amide bonds. The van der Waals surface area contributed by atoms with Gasteiger partial charge in [-0.15, -0.1) is 0 Å². The molecule has 0 saturated heterocycles. The minimum absolute atomic E-state index is 0.282. The molecule has 0 bridgehead atoms. The fourth-order valence-electron chi connectivity index (χ4n) is 3.40. The van der Waals surface area contributed by atoms with Gasteiger partial charge in [0.2, 0.25) is 0 Å². The topological polar surface area (TPSA) is 86.2 Å². The molecule has 4 aromatic rings. The molecule has 0 aliphatic carbocycles. The van der Waals surface area contributed by atoms with Crippen molar-refractivity contribution >= 4 is 28.9 Å². The molecule has 0 spiro atoms. The van der Waals surface area contributed by atoms with Crippen molar-refractivity contribution in [3.8, 4) is 17.2 Å². The summed E-state index contributed by atoms with van der Waals surface area (Å²) in [6.07, 6.45) is 1.50. The van der Waals surface area contributed by atoms with Crippen molar-refractivity contribution in [2.45, 2.75) is 6.92 Å². The lowest BCUT2D eigenvalue weighted by molar-refractivity contribution is 0.0728.